The normalized spacial score (nSPS) is 12.7. The average Bonchev–Trinajstić information content (AvgIpc) is 2.82. The molecule has 0 heterocycles. The number of aliphatic hydroxyl groups excluding tert-OH is 1. The van der Waals surface area contributed by atoms with Crippen LogP contribution < -0.4 is 10.1 Å². The third kappa shape index (κ3) is 7.24. The minimum atomic E-state index is -0.408. The highest BCUT2D eigenvalue weighted by molar-refractivity contribution is 5.76. The summed E-state index contributed by atoms with van der Waals surface area (Å²) in [7, 11) is 0. The van der Waals surface area contributed by atoms with Gasteiger partial charge in [-0.25, -0.2) is 0 Å². The van der Waals surface area contributed by atoms with E-state index in [-0.39, 0.29) is 25.0 Å². The van der Waals surface area contributed by atoms with Crippen LogP contribution >= 0.6 is 0 Å². The van der Waals surface area contributed by atoms with Crippen molar-refractivity contribution in [2.45, 2.75) is 32.1 Å². The van der Waals surface area contributed by atoms with E-state index in [4.69, 9.17) is 9.47 Å². The highest BCUT2D eigenvalue weighted by Crippen LogP contribution is 2.21. The van der Waals surface area contributed by atoms with Crippen molar-refractivity contribution >= 4 is 5.91 Å². The van der Waals surface area contributed by atoms with Gasteiger partial charge in [-0.2, -0.15) is 0 Å². The second kappa shape index (κ2) is 11.9. The van der Waals surface area contributed by atoms with Crippen molar-refractivity contribution < 1.29 is 19.4 Å². The van der Waals surface area contributed by atoms with Gasteiger partial charge in [0.15, 0.2) is 0 Å². The van der Waals surface area contributed by atoms with Crippen molar-refractivity contribution in [3.8, 4) is 5.75 Å². The van der Waals surface area contributed by atoms with Gasteiger partial charge in [0.25, 0.3) is 0 Å². The molecular formula is C26H29NO4. The third-order valence-electron chi connectivity index (χ3n) is 5.01. The molecule has 0 aromatic heterocycles. The van der Waals surface area contributed by atoms with E-state index in [0.29, 0.717) is 13.2 Å². The maximum atomic E-state index is 12.2. The maximum Gasteiger partial charge on any atom is 0.222 e. The molecule has 2 N–H and O–H groups in total. The minimum absolute atomic E-state index is 0.140. The standard InChI is InChI=1S/C26H29NO4/c1-20(22-12-14-24(15-13-22)31-19-21-8-4-2-5-9-21)30-17-16-26(29)27-25(18-28)23-10-6-3-7-11-23/h2-15,20,25,28H,16-19H2,1H3,(H,27,29)/t20-,25-/m0/s1. The summed E-state index contributed by atoms with van der Waals surface area (Å²) in [4.78, 5) is 12.2. The molecule has 5 nitrogen and oxygen atoms in total. The summed E-state index contributed by atoms with van der Waals surface area (Å²) < 4.78 is 11.6. The predicted octanol–water partition coefficient (Wildman–Crippen LogP) is 4.58. The number of nitrogens with one attached hydrogen (secondary N) is 1. The molecule has 3 rings (SSSR count). The molecule has 1 amide bonds. The lowest BCUT2D eigenvalue weighted by molar-refractivity contribution is -0.123. The zero-order chi connectivity index (χ0) is 21.9. The molecular weight excluding hydrogens is 390 g/mol. The van der Waals surface area contributed by atoms with Crippen LogP contribution in [0.3, 0.4) is 0 Å². The van der Waals surface area contributed by atoms with E-state index >= 15 is 0 Å². The zero-order valence-corrected chi connectivity index (χ0v) is 17.7. The zero-order valence-electron chi connectivity index (χ0n) is 17.7. The van der Waals surface area contributed by atoms with E-state index in [0.717, 1.165) is 22.4 Å². The molecule has 0 bridgehead atoms. The Balaban J connectivity index is 1.40. The van der Waals surface area contributed by atoms with Gasteiger partial charge in [0.05, 0.1) is 31.8 Å². The molecule has 0 fully saturated rings. The van der Waals surface area contributed by atoms with Gasteiger partial charge < -0.3 is 19.9 Å². The lowest BCUT2D eigenvalue weighted by Crippen LogP contribution is -2.31. The Bertz CT molecular complexity index is 913. The molecule has 2 atom stereocenters. The van der Waals surface area contributed by atoms with Crippen LogP contribution in [0.25, 0.3) is 0 Å². The summed E-state index contributed by atoms with van der Waals surface area (Å²) in [6.45, 7) is 2.63. The van der Waals surface area contributed by atoms with E-state index in [1.54, 1.807) is 0 Å². The topological polar surface area (TPSA) is 67.8 Å². The van der Waals surface area contributed by atoms with Gasteiger partial charge >= 0.3 is 0 Å². The fourth-order valence-corrected chi connectivity index (χ4v) is 3.19. The first-order chi connectivity index (χ1) is 15.2. The van der Waals surface area contributed by atoms with Gasteiger partial charge in [-0.3, -0.25) is 4.79 Å². The molecule has 0 saturated carbocycles. The van der Waals surface area contributed by atoms with Gasteiger partial charge in [0.1, 0.15) is 12.4 Å². The van der Waals surface area contributed by atoms with Gasteiger partial charge in [0, 0.05) is 0 Å². The number of carbonyl (C=O) groups excluding carboxylic acids is 1. The van der Waals surface area contributed by atoms with Gasteiger partial charge in [0.2, 0.25) is 5.91 Å². The second-order valence-electron chi connectivity index (χ2n) is 7.32. The van der Waals surface area contributed by atoms with Gasteiger partial charge in [-0.15, -0.1) is 0 Å². The number of hydrogen-bond donors (Lipinski definition) is 2. The fourth-order valence-electron chi connectivity index (χ4n) is 3.19. The van der Waals surface area contributed by atoms with Crippen molar-refractivity contribution in [2.24, 2.45) is 0 Å². The van der Waals surface area contributed by atoms with Crippen molar-refractivity contribution in [1.82, 2.24) is 5.32 Å². The monoisotopic (exact) mass is 419 g/mol. The summed E-state index contributed by atoms with van der Waals surface area (Å²) in [6, 6.07) is 26.9. The quantitative estimate of drug-likeness (QED) is 0.477. The highest BCUT2D eigenvalue weighted by atomic mass is 16.5. The predicted molar refractivity (Wildman–Crippen MR) is 121 cm³/mol. The molecule has 31 heavy (non-hydrogen) atoms. The molecule has 0 saturated heterocycles. The Kier molecular flexibility index (Phi) is 8.64. The van der Waals surface area contributed by atoms with E-state index in [9.17, 15) is 9.90 Å². The number of ether oxygens (including phenoxy) is 2. The van der Waals surface area contributed by atoms with E-state index in [2.05, 4.69) is 5.32 Å². The van der Waals surface area contributed by atoms with Crippen LogP contribution in [-0.2, 0) is 16.1 Å². The first kappa shape index (κ1) is 22.5. The Labute approximate surface area is 183 Å². The lowest BCUT2D eigenvalue weighted by Gasteiger charge is -2.18. The average molecular weight is 420 g/mol. The number of amides is 1. The summed E-state index contributed by atoms with van der Waals surface area (Å²) in [5, 5.41) is 12.4. The van der Waals surface area contributed by atoms with Crippen LogP contribution in [0.5, 0.6) is 5.75 Å². The third-order valence-corrected chi connectivity index (χ3v) is 5.01. The number of benzene rings is 3. The molecule has 0 radical (unpaired) electrons. The van der Waals surface area contributed by atoms with Crippen LogP contribution in [0.4, 0.5) is 0 Å². The Morgan fingerprint density at radius 2 is 1.55 bits per heavy atom. The number of aliphatic hydroxyl groups is 1. The Hall–Kier alpha value is -3.15. The molecule has 0 aliphatic rings. The fraction of sp³-hybridized carbons (Fsp3) is 0.269. The van der Waals surface area contributed by atoms with Crippen molar-refractivity contribution in [2.75, 3.05) is 13.2 Å². The number of rotatable bonds is 11. The second-order valence-corrected chi connectivity index (χ2v) is 7.32. The molecule has 0 aliphatic heterocycles. The summed E-state index contributed by atoms with van der Waals surface area (Å²) in [5.74, 6) is 0.648. The van der Waals surface area contributed by atoms with Crippen molar-refractivity contribution in [3.63, 3.8) is 0 Å². The van der Waals surface area contributed by atoms with Crippen LogP contribution in [0, 0.1) is 0 Å². The highest BCUT2D eigenvalue weighted by Gasteiger charge is 2.14. The summed E-state index contributed by atoms with van der Waals surface area (Å²) >= 11 is 0. The van der Waals surface area contributed by atoms with Crippen molar-refractivity contribution in [1.29, 1.82) is 0 Å². The van der Waals surface area contributed by atoms with Gasteiger partial charge in [-0.1, -0.05) is 72.8 Å². The van der Waals surface area contributed by atoms with Gasteiger partial charge in [-0.05, 0) is 35.7 Å². The Morgan fingerprint density at radius 3 is 2.19 bits per heavy atom. The molecule has 0 unspecified atom stereocenters. The van der Waals surface area contributed by atoms with Crippen LogP contribution in [0.15, 0.2) is 84.9 Å². The van der Waals surface area contributed by atoms with E-state index in [1.165, 1.54) is 0 Å². The number of hydrogen-bond acceptors (Lipinski definition) is 4. The summed E-state index contributed by atoms with van der Waals surface area (Å²) in [5.41, 5.74) is 3.02. The minimum Gasteiger partial charge on any atom is -0.489 e. The first-order valence-electron chi connectivity index (χ1n) is 10.5. The Morgan fingerprint density at radius 1 is 0.903 bits per heavy atom. The number of carbonyl (C=O) groups is 1. The lowest BCUT2D eigenvalue weighted by atomic mass is 10.1. The maximum absolute atomic E-state index is 12.2. The van der Waals surface area contributed by atoms with Crippen LogP contribution in [-0.4, -0.2) is 24.2 Å². The van der Waals surface area contributed by atoms with Crippen molar-refractivity contribution in [3.05, 3.63) is 102 Å². The molecule has 3 aromatic carbocycles. The summed E-state index contributed by atoms with van der Waals surface area (Å²) in [6.07, 6.45) is 0.0881. The molecule has 0 aliphatic carbocycles. The largest absolute Gasteiger partial charge is 0.489 e. The van der Waals surface area contributed by atoms with E-state index < -0.39 is 6.04 Å². The molecule has 5 heteroatoms. The van der Waals surface area contributed by atoms with E-state index in [1.807, 2.05) is 91.9 Å². The smallest absolute Gasteiger partial charge is 0.222 e. The molecule has 0 spiro atoms. The first-order valence-corrected chi connectivity index (χ1v) is 10.5. The molecule has 162 valence electrons. The SMILES string of the molecule is C[C@H](OCCC(=O)N[C@@H](CO)c1ccccc1)c1ccc(OCc2ccccc2)cc1. The molecule has 3 aromatic rings. The van der Waals surface area contributed by atoms with Crippen LogP contribution in [0.1, 0.15) is 42.2 Å². The van der Waals surface area contributed by atoms with Crippen LogP contribution in [0.2, 0.25) is 0 Å².